The lowest BCUT2D eigenvalue weighted by Crippen LogP contribution is -1.91. The van der Waals surface area contributed by atoms with Crippen LogP contribution in [0.1, 0.15) is 6.92 Å². The van der Waals surface area contributed by atoms with Crippen LogP contribution in [-0.2, 0) is 29.6 Å². The number of carboxylic acid groups (broad SMARTS) is 4. The summed E-state index contributed by atoms with van der Waals surface area (Å²) in [6.07, 6.45) is 1.12. The van der Waals surface area contributed by atoms with E-state index in [-0.39, 0.29) is 6.47 Å². The fourth-order valence-electron chi connectivity index (χ4n) is 0.143. The van der Waals surface area contributed by atoms with E-state index < -0.39 is 28.3 Å². The minimum atomic E-state index is -4.67. The highest BCUT2D eigenvalue weighted by atomic mass is 32.3. The Morgan fingerprint density at radius 2 is 1.00 bits per heavy atom. The van der Waals surface area contributed by atoms with Gasteiger partial charge < -0.3 is 20.4 Å². The van der Waals surface area contributed by atoms with Crippen LogP contribution in [0.5, 0.6) is 0 Å². The lowest BCUT2D eigenvalue weighted by Gasteiger charge is -1.74. The highest BCUT2D eigenvalue weighted by Crippen LogP contribution is 1.70. The molecule has 0 radical (unpaired) electrons. The van der Waals surface area contributed by atoms with E-state index in [2.05, 4.69) is 0 Å². The summed E-state index contributed by atoms with van der Waals surface area (Å²) in [6.45, 7) is 0.833. The summed E-state index contributed by atoms with van der Waals surface area (Å²) in [4.78, 5) is 36.5. The number of hydrogen-bond donors (Lipinski definition) is 6. The molecule has 12 nitrogen and oxygen atoms in total. The van der Waals surface area contributed by atoms with Crippen molar-refractivity contribution in [2.24, 2.45) is 0 Å². The van der Waals surface area contributed by atoms with Gasteiger partial charge in [-0.3, -0.25) is 18.7 Å². The zero-order valence-electron chi connectivity index (χ0n) is 9.77. The fraction of sp³-hybridized carbons (Fsp3) is 0.143. The summed E-state index contributed by atoms with van der Waals surface area (Å²) < 4.78 is 31.6. The third kappa shape index (κ3) is 525. The molecule has 0 heterocycles. The average Bonchev–Trinajstić information content (AvgIpc) is 2.12. The Bertz CT molecular complexity index is 391. The van der Waals surface area contributed by atoms with Crippen LogP contribution in [0.15, 0.2) is 12.2 Å². The largest absolute Gasteiger partial charge is 0.483 e. The van der Waals surface area contributed by atoms with Crippen LogP contribution in [0.25, 0.3) is 0 Å². The number of carboxylic acids is 3. The van der Waals surface area contributed by atoms with E-state index in [9.17, 15) is 9.59 Å². The van der Waals surface area contributed by atoms with Crippen LogP contribution in [0.3, 0.4) is 0 Å². The van der Waals surface area contributed by atoms with Crippen molar-refractivity contribution < 1.29 is 57.1 Å². The lowest BCUT2D eigenvalue weighted by molar-refractivity contribution is -0.134. The zero-order valence-corrected chi connectivity index (χ0v) is 10.6. The van der Waals surface area contributed by atoms with Crippen LogP contribution in [0, 0.1) is 0 Å². The molecule has 0 aliphatic heterocycles. The van der Waals surface area contributed by atoms with Crippen molar-refractivity contribution >= 4 is 34.8 Å². The number of rotatable bonds is 2. The molecule has 0 atom stereocenters. The summed E-state index contributed by atoms with van der Waals surface area (Å²) in [5.74, 6) is -3.35. The van der Waals surface area contributed by atoms with Crippen LogP contribution in [0.2, 0.25) is 0 Å². The van der Waals surface area contributed by atoms with Gasteiger partial charge in [0.1, 0.15) is 0 Å². The Balaban J connectivity index is -0.0000000924. The van der Waals surface area contributed by atoms with Crippen molar-refractivity contribution in [3.8, 4) is 0 Å². The number of hydrogen-bond acceptors (Lipinski definition) is 6. The van der Waals surface area contributed by atoms with Gasteiger partial charge in [-0.15, -0.1) is 0 Å². The van der Waals surface area contributed by atoms with E-state index in [4.69, 9.17) is 47.5 Å². The second kappa shape index (κ2) is 16.5. The van der Waals surface area contributed by atoms with Crippen molar-refractivity contribution in [3.05, 3.63) is 12.2 Å². The van der Waals surface area contributed by atoms with Gasteiger partial charge in [-0.05, 0) is 0 Å². The maximum atomic E-state index is 9.55. The molecule has 0 aromatic heterocycles. The first-order valence-corrected chi connectivity index (χ1v) is 5.28. The van der Waals surface area contributed by atoms with Crippen molar-refractivity contribution in [1.29, 1.82) is 0 Å². The topological polar surface area (TPSA) is 224 Å². The predicted octanol–water partition coefficient (Wildman–Crippen LogP) is -1.15. The molecule has 0 saturated carbocycles. The molecule has 0 unspecified atom stereocenters. The average molecular weight is 320 g/mol. The molecule has 0 amide bonds. The lowest BCUT2D eigenvalue weighted by atomic mass is 10.5. The van der Waals surface area contributed by atoms with Crippen LogP contribution >= 0.6 is 0 Å². The van der Waals surface area contributed by atoms with Gasteiger partial charge in [0, 0.05) is 19.1 Å². The van der Waals surface area contributed by atoms with Crippen molar-refractivity contribution in [2.75, 3.05) is 0 Å². The molecule has 13 heteroatoms. The maximum absolute atomic E-state index is 9.55. The van der Waals surface area contributed by atoms with Gasteiger partial charge in [-0.2, -0.15) is 8.42 Å². The first-order chi connectivity index (χ1) is 8.77. The fourth-order valence-corrected chi connectivity index (χ4v) is 0.143. The second-order valence-electron chi connectivity index (χ2n) is 2.08. The Morgan fingerprint density at radius 1 is 0.900 bits per heavy atom. The Labute approximate surface area is 112 Å². The summed E-state index contributed by atoms with van der Waals surface area (Å²) >= 11 is 0. The van der Waals surface area contributed by atoms with Gasteiger partial charge in [0.25, 0.3) is 12.4 Å². The Kier molecular flexibility index (Phi) is 21.5. The Morgan fingerprint density at radius 3 is 1.05 bits per heavy atom. The summed E-state index contributed by atoms with van der Waals surface area (Å²) in [5, 5.41) is 29.9. The van der Waals surface area contributed by atoms with Gasteiger partial charge in [0.15, 0.2) is 0 Å². The molecule has 0 bridgehead atoms. The molecular formula is C7H12O12S. The number of aliphatic carboxylic acids is 3. The van der Waals surface area contributed by atoms with E-state index in [1.807, 2.05) is 0 Å². The molecule has 118 valence electrons. The summed E-state index contributed by atoms with van der Waals surface area (Å²) in [5.41, 5.74) is 0. The van der Waals surface area contributed by atoms with Gasteiger partial charge in [-0.25, -0.2) is 9.59 Å². The van der Waals surface area contributed by atoms with Crippen molar-refractivity contribution in [3.63, 3.8) is 0 Å². The molecule has 0 aliphatic carbocycles. The first-order valence-electron chi connectivity index (χ1n) is 3.89. The molecule has 0 saturated heterocycles. The van der Waals surface area contributed by atoms with Crippen molar-refractivity contribution in [2.45, 2.75) is 6.92 Å². The van der Waals surface area contributed by atoms with E-state index in [1.165, 1.54) is 0 Å². The zero-order chi connectivity index (χ0) is 17.4. The summed E-state index contributed by atoms with van der Waals surface area (Å²) in [7, 11) is -4.67. The van der Waals surface area contributed by atoms with Crippen molar-refractivity contribution in [1.82, 2.24) is 0 Å². The SMILES string of the molecule is CC(=O)O.O=C(O)/C=C\C(=O)O.O=CO.O=S(=O)(O)O. The maximum Gasteiger partial charge on any atom is 0.394 e. The van der Waals surface area contributed by atoms with E-state index in [0.29, 0.717) is 12.2 Å². The molecule has 0 fully saturated rings. The second-order valence-corrected chi connectivity index (χ2v) is 2.98. The predicted molar refractivity (Wildman–Crippen MR) is 60.6 cm³/mol. The monoisotopic (exact) mass is 320 g/mol. The Hall–Kier alpha value is -2.51. The minimum absolute atomic E-state index is 0.250. The molecule has 20 heavy (non-hydrogen) atoms. The standard InChI is InChI=1S/C4H4O4.C2H4O2.CH2O2.H2O4S/c5-3(6)1-2-4(7)8;1-2(3)4;2-1-3;1-5(2,3)4/h1-2H,(H,5,6)(H,7,8);1H3,(H,3,4);1H,(H,2,3);(H2,1,2,3,4)/b2-1-;;;. The van der Waals surface area contributed by atoms with Gasteiger partial charge >= 0.3 is 22.3 Å². The van der Waals surface area contributed by atoms with Crippen LogP contribution < -0.4 is 0 Å². The molecule has 0 spiro atoms. The molecule has 6 N–H and O–H groups in total. The first kappa shape index (κ1) is 26.1. The third-order valence-corrected chi connectivity index (χ3v) is 0.368. The molecular weight excluding hydrogens is 308 g/mol. The van der Waals surface area contributed by atoms with Gasteiger partial charge in [0.05, 0.1) is 0 Å². The van der Waals surface area contributed by atoms with E-state index in [0.717, 1.165) is 6.92 Å². The van der Waals surface area contributed by atoms with Crippen LogP contribution in [-0.4, -0.2) is 62.3 Å². The molecule has 0 aliphatic rings. The quantitative estimate of drug-likeness (QED) is 0.201. The minimum Gasteiger partial charge on any atom is -0.483 e. The molecule has 0 aromatic rings. The van der Waals surface area contributed by atoms with E-state index >= 15 is 0 Å². The van der Waals surface area contributed by atoms with Gasteiger partial charge in [-0.1, -0.05) is 0 Å². The van der Waals surface area contributed by atoms with Gasteiger partial charge in [0.2, 0.25) is 0 Å². The molecule has 0 aromatic carbocycles. The third-order valence-electron chi connectivity index (χ3n) is 0.368. The highest BCUT2D eigenvalue weighted by Gasteiger charge is 1.88. The molecule has 0 rings (SSSR count). The van der Waals surface area contributed by atoms with E-state index in [1.54, 1.807) is 0 Å². The highest BCUT2D eigenvalue weighted by molar-refractivity contribution is 7.79. The normalized spacial score (nSPS) is 8.55. The number of carbonyl (C=O) groups is 4. The van der Waals surface area contributed by atoms with Crippen LogP contribution in [0.4, 0.5) is 0 Å². The smallest absolute Gasteiger partial charge is 0.394 e. The summed E-state index contributed by atoms with van der Waals surface area (Å²) in [6, 6.07) is 0.